The fourth-order valence-corrected chi connectivity index (χ4v) is 3.34. The van der Waals surface area contributed by atoms with Crippen molar-refractivity contribution in [1.82, 2.24) is 5.32 Å². The van der Waals surface area contributed by atoms with E-state index in [0.29, 0.717) is 30.8 Å². The monoisotopic (exact) mass is 302 g/mol. The number of nitrogens with one attached hydrogen (secondary N) is 1. The lowest BCUT2D eigenvalue weighted by atomic mass is 9.74. The van der Waals surface area contributed by atoms with E-state index >= 15 is 0 Å². The Morgan fingerprint density at radius 3 is 2.52 bits per heavy atom. The smallest absolute Gasteiger partial charge is 0.317 e. The minimum absolute atomic E-state index is 0.0548. The number of amides is 1. The van der Waals surface area contributed by atoms with E-state index in [2.05, 4.69) is 5.32 Å². The second-order valence-corrected chi connectivity index (χ2v) is 5.47. The van der Waals surface area contributed by atoms with E-state index in [1.807, 2.05) is 0 Å². The van der Waals surface area contributed by atoms with Crippen molar-refractivity contribution < 1.29 is 22.4 Å². The van der Waals surface area contributed by atoms with Gasteiger partial charge in [0.15, 0.2) is 0 Å². The molecule has 3 nitrogen and oxygen atoms in total. The Hall–Kier alpha value is -1.63. The number of anilines is 1. The molecule has 0 bridgehead atoms. The second-order valence-electron chi connectivity index (χ2n) is 5.47. The van der Waals surface area contributed by atoms with Crippen LogP contribution in [0, 0.1) is 5.82 Å². The van der Waals surface area contributed by atoms with Gasteiger partial charge in [0.2, 0.25) is 5.91 Å². The quantitative estimate of drug-likeness (QED) is 0.808. The van der Waals surface area contributed by atoms with Gasteiger partial charge < -0.3 is 10.2 Å². The summed E-state index contributed by atoms with van der Waals surface area (Å²) in [7, 11) is 0. The number of carbonyl (C=O) groups is 1. The summed E-state index contributed by atoms with van der Waals surface area (Å²) in [6, 6.07) is 3.93. The molecule has 3 rings (SSSR count). The van der Waals surface area contributed by atoms with Crippen LogP contribution in [0.2, 0.25) is 0 Å². The number of hydrogen-bond acceptors (Lipinski definition) is 2. The standard InChI is InChI=1S/C14H14F4N2O/c15-9-2-1-3-10-11(9)13(4-6-19-7-5-13)12(21)20(10)8-14(16,17)18/h1-3,19H,4-8H2. The predicted molar refractivity (Wildman–Crippen MR) is 68.6 cm³/mol. The van der Waals surface area contributed by atoms with Crippen LogP contribution in [0.15, 0.2) is 18.2 Å². The predicted octanol–water partition coefficient (Wildman–Crippen LogP) is 2.36. The first kappa shape index (κ1) is 14.3. The summed E-state index contributed by atoms with van der Waals surface area (Å²) >= 11 is 0. The number of halogens is 4. The van der Waals surface area contributed by atoms with Gasteiger partial charge in [0.05, 0.1) is 11.1 Å². The van der Waals surface area contributed by atoms with Gasteiger partial charge in [-0.05, 0) is 38.1 Å². The van der Waals surface area contributed by atoms with E-state index in [1.54, 1.807) is 0 Å². The van der Waals surface area contributed by atoms with E-state index in [4.69, 9.17) is 0 Å². The molecular weight excluding hydrogens is 288 g/mol. The zero-order chi connectivity index (χ0) is 15.3. The molecule has 0 unspecified atom stereocenters. The third-order valence-electron chi connectivity index (χ3n) is 4.21. The van der Waals surface area contributed by atoms with Crippen LogP contribution < -0.4 is 10.2 Å². The molecular formula is C14H14F4N2O. The maximum Gasteiger partial charge on any atom is 0.406 e. The molecule has 1 amide bonds. The van der Waals surface area contributed by atoms with Gasteiger partial charge in [-0.1, -0.05) is 6.07 Å². The Bertz CT molecular complexity index is 579. The third-order valence-corrected chi connectivity index (χ3v) is 4.21. The Balaban J connectivity index is 2.12. The lowest BCUT2D eigenvalue weighted by Gasteiger charge is -2.33. The van der Waals surface area contributed by atoms with Crippen molar-refractivity contribution in [3.8, 4) is 0 Å². The zero-order valence-corrected chi connectivity index (χ0v) is 11.1. The molecule has 1 aromatic carbocycles. The van der Waals surface area contributed by atoms with Gasteiger partial charge in [0.25, 0.3) is 0 Å². The molecule has 0 radical (unpaired) electrons. The van der Waals surface area contributed by atoms with Gasteiger partial charge in [-0.15, -0.1) is 0 Å². The lowest BCUT2D eigenvalue weighted by Crippen LogP contribution is -2.49. The second kappa shape index (κ2) is 4.69. The summed E-state index contributed by atoms with van der Waals surface area (Å²) in [6.45, 7) is -0.407. The van der Waals surface area contributed by atoms with Gasteiger partial charge in [-0.2, -0.15) is 13.2 Å². The molecule has 0 atom stereocenters. The molecule has 1 spiro atoms. The molecule has 2 heterocycles. The first-order valence-corrected chi connectivity index (χ1v) is 6.74. The number of carbonyl (C=O) groups excluding carboxylic acids is 1. The number of rotatable bonds is 1. The topological polar surface area (TPSA) is 32.3 Å². The van der Waals surface area contributed by atoms with E-state index in [0.717, 1.165) is 0 Å². The molecule has 2 aliphatic rings. The summed E-state index contributed by atoms with van der Waals surface area (Å²) in [5.74, 6) is -1.24. The Kier molecular flexibility index (Phi) is 3.20. The van der Waals surface area contributed by atoms with Crippen LogP contribution in [-0.4, -0.2) is 31.7 Å². The number of benzene rings is 1. The molecule has 1 fully saturated rings. The molecule has 114 valence electrons. The maximum atomic E-state index is 14.2. The van der Waals surface area contributed by atoms with Crippen molar-refractivity contribution in [2.75, 3.05) is 24.5 Å². The number of hydrogen-bond donors (Lipinski definition) is 1. The van der Waals surface area contributed by atoms with Gasteiger partial charge in [0, 0.05) is 5.56 Å². The van der Waals surface area contributed by atoms with Crippen molar-refractivity contribution in [2.45, 2.75) is 24.4 Å². The van der Waals surface area contributed by atoms with Crippen molar-refractivity contribution in [2.24, 2.45) is 0 Å². The van der Waals surface area contributed by atoms with Crippen LogP contribution in [0.1, 0.15) is 18.4 Å². The molecule has 0 aromatic heterocycles. The van der Waals surface area contributed by atoms with E-state index in [9.17, 15) is 22.4 Å². The van der Waals surface area contributed by atoms with Crippen LogP contribution in [0.4, 0.5) is 23.2 Å². The number of alkyl halides is 3. The van der Waals surface area contributed by atoms with Crippen LogP contribution in [0.3, 0.4) is 0 Å². The van der Waals surface area contributed by atoms with Crippen LogP contribution >= 0.6 is 0 Å². The van der Waals surface area contributed by atoms with E-state index < -0.39 is 29.9 Å². The Morgan fingerprint density at radius 1 is 1.24 bits per heavy atom. The minimum atomic E-state index is -4.52. The first-order chi connectivity index (χ1) is 9.85. The van der Waals surface area contributed by atoms with Gasteiger partial charge in [-0.3, -0.25) is 4.79 Å². The molecule has 1 saturated heterocycles. The van der Waals surface area contributed by atoms with E-state index in [1.165, 1.54) is 18.2 Å². The fourth-order valence-electron chi connectivity index (χ4n) is 3.34. The Morgan fingerprint density at radius 2 is 1.90 bits per heavy atom. The molecule has 1 aromatic rings. The van der Waals surface area contributed by atoms with Crippen molar-refractivity contribution in [3.63, 3.8) is 0 Å². The average molecular weight is 302 g/mol. The summed E-state index contributed by atoms with van der Waals surface area (Å²) < 4.78 is 52.4. The third kappa shape index (κ3) is 2.19. The van der Waals surface area contributed by atoms with Crippen LogP contribution in [0.25, 0.3) is 0 Å². The van der Waals surface area contributed by atoms with Crippen LogP contribution in [-0.2, 0) is 10.2 Å². The molecule has 0 saturated carbocycles. The largest absolute Gasteiger partial charge is 0.406 e. The molecule has 21 heavy (non-hydrogen) atoms. The van der Waals surface area contributed by atoms with Gasteiger partial charge >= 0.3 is 6.18 Å². The van der Waals surface area contributed by atoms with Crippen molar-refractivity contribution in [1.29, 1.82) is 0 Å². The summed E-state index contributed by atoms with van der Waals surface area (Å²) in [5, 5.41) is 3.05. The number of nitrogens with zero attached hydrogens (tertiary/aromatic N) is 1. The lowest BCUT2D eigenvalue weighted by molar-refractivity contribution is -0.135. The zero-order valence-electron chi connectivity index (χ0n) is 11.1. The van der Waals surface area contributed by atoms with E-state index in [-0.39, 0.29) is 11.3 Å². The van der Waals surface area contributed by atoms with Crippen molar-refractivity contribution >= 4 is 11.6 Å². The minimum Gasteiger partial charge on any atom is -0.317 e. The number of piperidine rings is 1. The highest BCUT2D eigenvalue weighted by Gasteiger charge is 2.54. The normalized spacial score (nSPS) is 21.0. The van der Waals surface area contributed by atoms with Gasteiger partial charge in [-0.25, -0.2) is 4.39 Å². The highest BCUT2D eigenvalue weighted by Crippen LogP contribution is 2.48. The first-order valence-electron chi connectivity index (χ1n) is 6.74. The summed E-state index contributed by atoms with van der Waals surface area (Å²) in [6.07, 6.45) is -3.89. The molecule has 1 N–H and O–H groups in total. The van der Waals surface area contributed by atoms with Crippen molar-refractivity contribution in [3.05, 3.63) is 29.6 Å². The molecule has 2 aliphatic heterocycles. The van der Waals surface area contributed by atoms with Crippen LogP contribution in [0.5, 0.6) is 0 Å². The average Bonchev–Trinajstić information content (AvgIpc) is 2.63. The maximum absolute atomic E-state index is 14.2. The van der Waals surface area contributed by atoms with Gasteiger partial charge in [0.1, 0.15) is 12.4 Å². The highest BCUT2D eigenvalue weighted by atomic mass is 19.4. The number of fused-ring (bicyclic) bond motifs is 2. The SMILES string of the molecule is O=C1N(CC(F)(F)F)c2cccc(F)c2C12CCNCC2. The summed E-state index contributed by atoms with van der Waals surface area (Å²) in [4.78, 5) is 13.3. The highest BCUT2D eigenvalue weighted by molar-refractivity contribution is 6.08. The fraction of sp³-hybridized carbons (Fsp3) is 0.500. The Labute approximate surface area is 118 Å². The summed E-state index contributed by atoms with van der Waals surface area (Å²) in [5.41, 5.74) is -0.975. The molecule has 0 aliphatic carbocycles. The molecule has 7 heteroatoms.